The van der Waals surface area contributed by atoms with Gasteiger partial charge in [0.1, 0.15) is 12.1 Å². The Hall–Kier alpha value is -3.12. The third-order valence-electron chi connectivity index (χ3n) is 7.19. The number of hydrogen-bond acceptors (Lipinski definition) is 10. The second-order valence-corrected chi connectivity index (χ2v) is 19.8. The van der Waals surface area contributed by atoms with E-state index in [2.05, 4.69) is 10.7 Å². The van der Waals surface area contributed by atoms with Crippen LogP contribution in [0.2, 0.25) is 18.1 Å². The van der Waals surface area contributed by atoms with Gasteiger partial charge in [-0.3, -0.25) is 30.4 Å². The van der Waals surface area contributed by atoms with E-state index in [4.69, 9.17) is 9.16 Å². The molecule has 15 nitrogen and oxygen atoms in total. The number of hydrazine groups is 1. The number of rotatable bonds is 16. The fourth-order valence-electron chi connectivity index (χ4n) is 3.99. The molecule has 1 rings (SSSR count). The van der Waals surface area contributed by atoms with E-state index in [9.17, 15) is 38.0 Å². The number of carbonyl (C=O) groups excluding carboxylic acids is 2. The minimum absolute atomic E-state index is 0.0244. The number of sulfonamides is 1. The van der Waals surface area contributed by atoms with Gasteiger partial charge in [-0.1, -0.05) is 39.8 Å². The number of nitro benzene ring substituents is 1. The summed E-state index contributed by atoms with van der Waals surface area (Å²) in [5.74, 6) is -2.03. The molecule has 1 aromatic carbocycles. The number of para-hydroxylation sites is 1. The number of nitro groups is 1. The van der Waals surface area contributed by atoms with Crippen LogP contribution in [0.3, 0.4) is 0 Å². The molecule has 3 N–H and O–H groups in total. The van der Waals surface area contributed by atoms with Crippen LogP contribution in [0.5, 0.6) is 0 Å². The van der Waals surface area contributed by atoms with Crippen molar-refractivity contribution in [3.63, 3.8) is 0 Å². The summed E-state index contributed by atoms with van der Waals surface area (Å²) >= 11 is 0. The lowest BCUT2D eigenvalue weighted by Gasteiger charge is -2.45. The zero-order valence-corrected chi connectivity index (χ0v) is 29.7. The maximum Gasteiger partial charge on any atom is 0.410 e. The van der Waals surface area contributed by atoms with Gasteiger partial charge >= 0.3 is 12.1 Å². The summed E-state index contributed by atoms with van der Waals surface area (Å²) in [6.07, 6.45) is -0.728. The Bertz CT molecular complexity index is 1330. The SMILES string of the molecule is CCN(CCCCC(NC(=O)OC(C)(C)C)(O[Si](C)(C)C(C)(C)C)C(=O)NN(C)CC(=O)O)S(=O)(=O)c1ccccc1[N+](=O)[O-]. The van der Waals surface area contributed by atoms with Crippen molar-refractivity contribution in [2.45, 2.75) is 102 Å². The Morgan fingerprint density at radius 1 is 1.07 bits per heavy atom. The molecule has 0 saturated carbocycles. The smallest absolute Gasteiger partial charge is 0.410 e. The van der Waals surface area contributed by atoms with Crippen LogP contribution in [-0.4, -0.2) is 92.1 Å². The first-order valence-electron chi connectivity index (χ1n) is 14.6. The fraction of sp³-hybridized carbons (Fsp3) is 0.679. The maximum atomic E-state index is 13.9. The Kier molecular flexibility index (Phi) is 13.7. The average molecular weight is 676 g/mol. The molecule has 0 aromatic heterocycles. The summed E-state index contributed by atoms with van der Waals surface area (Å²) in [7, 11) is -5.72. The monoisotopic (exact) mass is 675 g/mol. The minimum atomic E-state index is -4.24. The van der Waals surface area contributed by atoms with Gasteiger partial charge in [-0.25, -0.2) is 18.2 Å². The molecule has 0 saturated heterocycles. The first kappa shape index (κ1) is 39.9. The molecule has 0 aliphatic carbocycles. The third-order valence-corrected chi connectivity index (χ3v) is 13.7. The van der Waals surface area contributed by atoms with Gasteiger partial charge in [0.2, 0.25) is 15.7 Å². The molecular formula is C28H49N5O10SSi. The highest BCUT2D eigenvalue weighted by Crippen LogP contribution is 2.40. The van der Waals surface area contributed by atoms with Gasteiger partial charge in [-0.05, 0) is 57.8 Å². The van der Waals surface area contributed by atoms with Crippen LogP contribution in [0.4, 0.5) is 10.5 Å². The van der Waals surface area contributed by atoms with Crippen molar-refractivity contribution in [3.8, 4) is 0 Å². The second-order valence-electron chi connectivity index (χ2n) is 13.2. The van der Waals surface area contributed by atoms with Crippen molar-refractivity contribution in [2.24, 2.45) is 0 Å². The Labute approximate surface area is 266 Å². The number of ether oxygens (including phenoxy) is 1. The van der Waals surface area contributed by atoms with Gasteiger partial charge < -0.3 is 14.3 Å². The van der Waals surface area contributed by atoms with Crippen molar-refractivity contribution in [3.05, 3.63) is 34.4 Å². The maximum absolute atomic E-state index is 13.9. The number of nitrogens with zero attached hydrogens (tertiary/aromatic N) is 3. The number of benzene rings is 1. The molecule has 1 atom stereocenters. The predicted octanol–water partition coefficient (Wildman–Crippen LogP) is 4.07. The largest absolute Gasteiger partial charge is 0.480 e. The van der Waals surface area contributed by atoms with Crippen LogP contribution in [-0.2, 0) is 28.8 Å². The van der Waals surface area contributed by atoms with E-state index in [0.717, 1.165) is 15.4 Å². The first-order valence-corrected chi connectivity index (χ1v) is 18.9. The second kappa shape index (κ2) is 15.4. The van der Waals surface area contributed by atoms with E-state index in [-0.39, 0.29) is 32.4 Å². The molecule has 0 aliphatic heterocycles. The lowest BCUT2D eigenvalue weighted by molar-refractivity contribution is -0.387. The lowest BCUT2D eigenvalue weighted by atomic mass is 10.0. The van der Waals surface area contributed by atoms with Crippen LogP contribution in [0.1, 0.15) is 67.7 Å². The number of amides is 2. The highest BCUT2D eigenvalue weighted by molar-refractivity contribution is 7.89. The van der Waals surface area contributed by atoms with Crippen LogP contribution in [0, 0.1) is 10.1 Å². The lowest BCUT2D eigenvalue weighted by Crippen LogP contribution is -2.67. The van der Waals surface area contributed by atoms with Gasteiger partial charge in [0.15, 0.2) is 13.2 Å². The molecule has 0 fully saturated rings. The average Bonchev–Trinajstić information content (AvgIpc) is 2.85. The quantitative estimate of drug-likeness (QED) is 0.0751. The molecule has 1 aromatic rings. The number of alkyl carbamates (subject to hydrolysis) is 1. The van der Waals surface area contributed by atoms with Gasteiger partial charge in [-0.15, -0.1) is 0 Å². The number of carbonyl (C=O) groups is 3. The van der Waals surface area contributed by atoms with Gasteiger partial charge in [-0.2, -0.15) is 4.31 Å². The molecule has 0 aliphatic rings. The summed E-state index contributed by atoms with van der Waals surface area (Å²) in [4.78, 5) is 48.6. The summed E-state index contributed by atoms with van der Waals surface area (Å²) in [5, 5.41) is 24.0. The molecule has 45 heavy (non-hydrogen) atoms. The fourth-order valence-corrected chi connectivity index (χ4v) is 7.06. The number of hydrogen-bond donors (Lipinski definition) is 3. The molecule has 2 amide bonds. The number of carboxylic acid groups (broad SMARTS) is 1. The zero-order chi connectivity index (χ0) is 35.0. The number of nitrogens with one attached hydrogen (secondary N) is 2. The van der Waals surface area contributed by atoms with E-state index < -0.39 is 74.7 Å². The van der Waals surface area contributed by atoms with Gasteiger partial charge in [0, 0.05) is 32.6 Å². The van der Waals surface area contributed by atoms with E-state index in [1.807, 2.05) is 33.9 Å². The van der Waals surface area contributed by atoms with Gasteiger partial charge in [0.05, 0.1) is 4.92 Å². The van der Waals surface area contributed by atoms with Crippen molar-refractivity contribution < 1.29 is 42.0 Å². The number of carboxylic acids is 1. The van der Waals surface area contributed by atoms with E-state index in [1.54, 1.807) is 27.7 Å². The van der Waals surface area contributed by atoms with Crippen molar-refractivity contribution in [2.75, 3.05) is 26.7 Å². The summed E-state index contributed by atoms with van der Waals surface area (Å²) in [6, 6.07) is 5.08. The molecule has 1 unspecified atom stereocenters. The van der Waals surface area contributed by atoms with Crippen LogP contribution < -0.4 is 10.7 Å². The van der Waals surface area contributed by atoms with E-state index in [0.29, 0.717) is 0 Å². The van der Waals surface area contributed by atoms with Gasteiger partial charge in [0.25, 0.3) is 11.6 Å². The van der Waals surface area contributed by atoms with Crippen LogP contribution in [0.15, 0.2) is 29.2 Å². The van der Waals surface area contributed by atoms with Crippen LogP contribution >= 0.6 is 0 Å². The predicted molar refractivity (Wildman–Crippen MR) is 170 cm³/mol. The molecule has 0 heterocycles. The molecule has 0 radical (unpaired) electrons. The van der Waals surface area contributed by atoms with Crippen molar-refractivity contribution in [1.29, 1.82) is 0 Å². The molecule has 256 valence electrons. The van der Waals surface area contributed by atoms with Crippen LogP contribution in [0.25, 0.3) is 0 Å². The molecule has 0 spiro atoms. The topological polar surface area (TPSA) is 198 Å². The third kappa shape index (κ3) is 11.6. The minimum Gasteiger partial charge on any atom is -0.480 e. The van der Waals surface area contributed by atoms with E-state index in [1.165, 1.54) is 25.2 Å². The Balaban J connectivity index is 3.46. The normalized spacial score (nSPS) is 14.1. The standard InChI is InChI=1S/C28H49N5O10SSi/c1-11-32(44(40,41)22-17-13-12-16-21(22)33(38)39)19-15-14-18-28(29-25(37)42-26(2,3)4,43-45(9,10)27(5,6)7)24(36)30-31(8)20-23(34)35/h12-13,16-17H,11,14-15,18-20H2,1-10H3,(H,29,37)(H,30,36)(H,34,35). The van der Waals surface area contributed by atoms with Crippen molar-refractivity contribution >= 4 is 42.0 Å². The van der Waals surface area contributed by atoms with Crippen molar-refractivity contribution in [1.82, 2.24) is 20.1 Å². The highest BCUT2D eigenvalue weighted by atomic mass is 32.2. The summed E-state index contributed by atoms with van der Waals surface area (Å²) in [6.45, 7) is 15.6. The molecular weight excluding hydrogens is 626 g/mol. The molecule has 0 bridgehead atoms. The Morgan fingerprint density at radius 2 is 1.64 bits per heavy atom. The highest BCUT2D eigenvalue weighted by Gasteiger charge is 2.50. The first-order chi connectivity index (χ1) is 20.4. The number of likely N-dealkylation sites (N-methyl/N-ethyl adjacent to an activating group) is 1. The number of aliphatic carboxylic acids is 1. The Morgan fingerprint density at radius 3 is 2.13 bits per heavy atom. The number of unbranched alkanes of at least 4 members (excludes halogenated alkanes) is 1. The molecule has 17 heteroatoms. The van der Waals surface area contributed by atoms with E-state index >= 15 is 0 Å². The summed E-state index contributed by atoms with van der Waals surface area (Å²) in [5.41, 5.74) is -0.991. The summed E-state index contributed by atoms with van der Waals surface area (Å²) < 4.78 is 39.9. The zero-order valence-electron chi connectivity index (χ0n) is 27.9.